The first kappa shape index (κ1) is 17.5. The number of halogens is 1. The molecule has 2 aromatic rings. The Bertz CT molecular complexity index is 779. The number of benzene rings is 1. The normalized spacial score (nSPS) is 10.4. The number of nitriles is 1. The molecule has 2 rings (SSSR count). The molecule has 0 saturated carbocycles. The SMILES string of the molecule is CCc1c(C)nc(SCC(=O)c2ccc(Cl)cc2)c(C#N)c1C. The highest BCUT2D eigenvalue weighted by molar-refractivity contribution is 8.00. The van der Waals surface area contributed by atoms with Crippen LogP contribution in [-0.4, -0.2) is 16.5 Å². The van der Waals surface area contributed by atoms with E-state index in [-0.39, 0.29) is 11.5 Å². The molecule has 0 aliphatic rings. The third-order valence-electron chi connectivity index (χ3n) is 3.72. The van der Waals surface area contributed by atoms with Gasteiger partial charge in [0.15, 0.2) is 5.78 Å². The predicted octanol–water partition coefficient (Wildman–Crippen LogP) is 4.76. The van der Waals surface area contributed by atoms with Gasteiger partial charge in [-0.15, -0.1) is 0 Å². The number of ketones is 1. The lowest BCUT2D eigenvalue weighted by molar-refractivity contribution is 0.102. The van der Waals surface area contributed by atoms with E-state index in [1.54, 1.807) is 24.3 Å². The fourth-order valence-corrected chi connectivity index (χ4v) is 3.57. The molecule has 0 saturated heterocycles. The molecular weight excluding hydrogens is 328 g/mol. The van der Waals surface area contributed by atoms with Crippen molar-refractivity contribution < 1.29 is 4.79 Å². The second-order valence-corrected chi connectivity index (χ2v) is 6.57. The molecule has 0 N–H and O–H groups in total. The summed E-state index contributed by atoms with van der Waals surface area (Å²) in [5.74, 6) is 0.237. The van der Waals surface area contributed by atoms with Crippen LogP contribution in [0.5, 0.6) is 0 Å². The minimum atomic E-state index is -0.00719. The number of carbonyl (C=O) groups is 1. The molecular formula is C18H17ClN2OS. The number of hydrogen-bond donors (Lipinski definition) is 0. The van der Waals surface area contributed by atoms with Gasteiger partial charge >= 0.3 is 0 Å². The fraction of sp³-hybridized carbons (Fsp3) is 0.278. The van der Waals surface area contributed by atoms with E-state index < -0.39 is 0 Å². The van der Waals surface area contributed by atoms with E-state index in [2.05, 4.69) is 18.0 Å². The standard InChI is InChI=1S/C18H17ClN2OS/c1-4-15-11(2)16(9-20)18(21-12(15)3)23-10-17(22)13-5-7-14(19)8-6-13/h5-8H,4,10H2,1-3H3. The smallest absolute Gasteiger partial charge is 0.173 e. The van der Waals surface area contributed by atoms with Crippen molar-refractivity contribution in [3.63, 3.8) is 0 Å². The van der Waals surface area contributed by atoms with Crippen molar-refractivity contribution >= 4 is 29.1 Å². The average Bonchev–Trinajstić information content (AvgIpc) is 2.53. The van der Waals surface area contributed by atoms with Crippen LogP contribution in [0.2, 0.25) is 5.02 Å². The zero-order chi connectivity index (χ0) is 17.0. The zero-order valence-electron chi connectivity index (χ0n) is 13.3. The van der Waals surface area contributed by atoms with Crippen LogP contribution < -0.4 is 0 Å². The molecule has 1 heterocycles. The van der Waals surface area contributed by atoms with Gasteiger partial charge in [0.1, 0.15) is 11.1 Å². The molecule has 118 valence electrons. The second kappa shape index (κ2) is 7.63. The van der Waals surface area contributed by atoms with E-state index in [1.165, 1.54) is 11.8 Å². The Kier molecular flexibility index (Phi) is 5.81. The number of carbonyl (C=O) groups excluding carboxylic acids is 1. The molecule has 0 fully saturated rings. The van der Waals surface area contributed by atoms with E-state index in [4.69, 9.17) is 11.6 Å². The van der Waals surface area contributed by atoms with Crippen molar-refractivity contribution in [2.24, 2.45) is 0 Å². The molecule has 0 bridgehead atoms. The summed E-state index contributed by atoms with van der Waals surface area (Å²) in [5.41, 5.74) is 4.17. The molecule has 1 aromatic carbocycles. The van der Waals surface area contributed by atoms with E-state index in [9.17, 15) is 10.1 Å². The highest BCUT2D eigenvalue weighted by Crippen LogP contribution is 2.27. The highest BCUT2D eigenvalue weighted by Gasteiger charge is 2.16. The Morgan fingerprint density at radius 1 is 1.30 bits per heavy atom. The first-order chi connectivity index (χ1) is 11.0. The number of aromatic nitrogens is 1. The quantitative estimate of drug-likeness (QED) is 0.579. The van der Waals surface area contributed by atoms with E-state index in [0.29, 0.717) is 21.2 Å². The molecule has 0 atom stereocenters. The van der Waals surface area contributed by atoms with Crippen LogP contribution in [0.3, 0.4) is 0 Å². The molecule has 1 aromatic heterocycles. The minimum absolute atomic E-state index is 0.00719. The summed E-state index contributed by atoms with van der Waals surface area (Å²) in [6, 6.07) is 9.04. The summed E-state index contributed by atoms with van der Waals surface area (Å²) < 4.78 is 0. The minimum Gasteiger partial charge on any atom is -0.293 e. The van der Waals surface area contributed by atoms with Crippen LogP contribution in [0.1, 0.15) is 39.7 Å². The van der Waals surface area contributed by atoms with Crippen molar-refractivity contribution in [2.75, 3.05) is 5.75 Å². The first-order valence-electron chi connectivity index (χ1n) is 7.29. The molecule has 0 radical (unpaired) electrons. The van der Waals surface area contributed by atoms with Gasteiger partial charge in [-0.2, -0.15) is 5.26 Å². The summed E-state index contributed by atoms with van der Waals surface area (Å²) in [5, 5.41) is 10.6. The summed E-state index contributed by atoms with van der Waals surface area (Å²) in [6.07, 6.45) is 0.841. The number of aryl methyl sites for hydroxylation is 1. The Labute approximate surface area is 145 Å². The van der Waals surface area contributed by atoms with E-state index in [1.807, 2.05) is 13.8 Å². The Hall–Kier alpha value is -1.83. The molecule has 0 aliphatic carbocycles. The zero-order valence-corrected chi connectivity index (χ0v) is 14.9. The number of Topliss-reactive ketones (excluding diaryl/α,β-unsaturated/α-hetero) is 1. The molecule has 0 aliphatic heterocycles. The summed E-state index contributed by atoms with van der Waals surface area (Å²) in [7, 11) is 0. The largest absolute Gasteiger partial charge is 0.293 e. The van der Waals surface area contributed by atoms with Gasteiger partial charge in [0.25, 0.3) is 0 Å². The monoisotopic (exact) mass is 344 g/mol. The van der Waals surface area contributed by atoms with E-state index in [0.717, 1.165) is 23.2 Å². The van der Waals surface area contributed by atoms with E-state index >= 15 is 0 Å². The van der Waals surface area contributed by atoms with Crippen molar-refractivity contribution in [1.82, 2.24) is 4.98 Å². The molecule has 5 heteroatoms. The van der Waals surface area contributed by atoms with Crippen molar-refractivity contribution in [3.05, 3.63) is 57.2 Å². The van der Waals surface area contributed by atoms with Gasteiger partial charge in [-0.1, -0.05) is 30.3 Å². The first-order valence-corrected chi connectivity index (χ1v) is 8.66. The lowest BCUT2D eigenvalue weighted by Gasteiger charge is -2.12. The van der Waals surface area contributed by atoms with Crippen LogP contribution in [0.25, 0.3) is 0 Å². The predicted molar refractivity (Wildman–Crippen MR) is 94.3 cm³/mol. The maximum Gasteiger partial charge on any atom is 0.173 e. The molecule has 0 amide bonds. The van der Waals surface area contributed by atoms with Gasteiger partial charge in [0.2, 0.25) is 0 Å². The van der Waals surface area contributed by atoms with Crippen LogP contribution in [0.4, 0.5) is 0 Å². The molecule has 0 spiro atoms. The lowest BCUT2D eigenvalue weighted by Crippen LogP contribution is -2.06. The van der Waals surface area contributed by atoms with Crippen LogP contribution in [-0.2, 0) is 6.42 Å². The lowest BCUT2D eigenvalue weighted by atomic mass is 10.0. The number of thioether (sulfide) groups is 1. The van der Waals surface area contributed by atoms with Gasteiger partial charge < -0.3 is 0 Å². The van der Waals surface area contributed by atoms with Gasteiger partial charge in [-0.25, -0.2) is 4.98 Å². The number of pyridine rings is 1. The Balaban J connectivity index is 2.22. The average molecular weight is 345 g/mol. The third-order valence-corrected chi connectivity index (χ3v) is 4.95. The van der Waals surface area contributed by atoms with Gasteiger partial charge in [-0.3, -0.25) is 4.79 Å². The summed E-state index contributed by atoms with van der Waals surface area (Å²) in [4.78, 5) is 16.8. The van der Waals surface area contributed by atoms with Crippen molar-refractivity contribution in [2.45, 2.75) is 32.2 Å². The van der Waals surface area contributed by atoms with Gasteiger partial charge in [0, 0.05) is 16.3 Å². The van der Waals surface area contributed by atoms with Crippen LogP contribution >= 0.6 is 23.4 Å². The molecule has 23 heavy (non-hydrogen) atoms. The Morgan fingerprint density at radius 3 is 2.52 bits per heavy atom. The van der Waals surface area contributed by atoms with Gasteiger partial charge in [0.05, 0.1) is 11.3 Å². The number of nitrogens with zero attached hydrogens (tertiary/aromatic N) is 2. The van der Waals surface area contributed by atoms with Gasteiger partial charge in [-0.05, 0) is 55.7 Å². The topological polar surface area (TPSA) is 53.8 Å². The van der Waals surface area contributed by atoms with Crippen LogP contribution in [0.15, 0.2) is 29.3 Å². The fourth-order valence-electron chi connectivity index (χ4n) is 2.47. The van der Waals surface area contributed by atoms with Crippen molar-refractivity contribution in [3.8, 4) is 6.07 Å². The maximum atomic E-state index is 12.2. The maximum absolute atomic E-state index is 12.2. The van der Waals surface area contributed by atoms with Crippen molar-refractivity contribution in [1.29, 1.82) is 5.26 Å². The highest BCUT2D eigenvalue weighted by atomic mass is 35.5. The summed E-state index contributed by atoms with van der Waals surface area (Å²) in [6.45, 7) is 5.93. The molecule has 0 unspecified atom stereocenters. The second-order valence-electron chi connectivity index (χ2n) is 5.17. The Morgan fingerprint density at radius 2 is 1.96 bits per heavy atom. The third kappa shape index (κ3) is 3.93. The number of hydrogen-bond acceptors (Lipinski definition) is 4. The molecule has 3 nitrogen and oxygen atoms in total. The summed E-state index contributed by atoms with van der Waals surface area (Å²) >= 11 is 7.14. The number of rotatable bonds is 5. The van der Waals surface area contributed by atoms with Crippen LogP contribution in [0, 0.1) is 25.2 Å².